The highest BCUT2D eigenvalue weighted by atomic mass is 35.5. The van der Waals surface area contributed by atoms with Crippen molar-refractivity contribution in [1.29, 1.82) is 0 Å². The van der Waals surface area contributed by atoms with Crippen molar-refractivity contribution in [3.63, 3.8) is 0 Å². The van der Waals surface area contributed by atoms with Gasteiger partial charge in [-0.1, -0.05) is 30.7 Å². The van der Waals surface area contributed by atoms with Crippen LogP contribution in [-0.2, 0) is 26.2 Å². The van der Waals surface area contributed by atoms with Gasteiger partial charge in [0.1, 0.15) is 17.6 Å². The van der Waals surface area contributed by atoms with Crippen molar-refractivity contribution in [1.82, 2.24) is 10.2 Å². The fourth-order valence-corrected chi connectivity index (χ4v) is 4.86. The number of methoxy groups -OCH3 is 1. The molecule has 0 aromatic heterocycles. The maximum Gasteiger partial charge on any atom is 0.242 e. The first kappa shape index (κ1) is 30.4. The molecule has 0 fully saturated rings. The quantitative estimate of drug-likeness (QED) is 0.396. The molecule has 11 heteroatoms. The van der Waals surface area contributed by atoms with Crippen LogP contribution in [0.3, 0.4) is 0 Å². The Balaban J connectivity index is 2.19. The number of ether oxygens (including phenoxy) is 1. The van der Waals surface area contributed by atoms with E-state index in [1.807, 2.05) is 13.8 Å². The predicted octanol–water partition coefficient (Wildman–Crippen LogP) is 4.37. The third-order valence-corrected chi connectivity index (χ3v) is 7.50. The number of halogens is 2. The summed E-state index contributed by atoms with van der Waals surface area (Å²) in [6.07, 6.45) is 2.02. The number of rotatable bonds is 13. The van der Waals surface area contributed by atoms with Crippen LogP contribution in [0.4, 0.5) is 10.1 Å². The molecule has 8 nitrogen and oxygen atoms in total. The van der Waals surface area contributed by atoms with Crippen molar-refractivity contribution in [2.24, 2.45) is 0 Å². The highest BCUT2D eigenvalue weighted by molar-refractivity contribution is 7.92. The van der Waals surface area contributed by atoms with Crippen LogP contribution in [0.5, 0.6) is 5.75 Å². The van der Waals surface area contributed by atoms with Gasteiger partial charge in [0.2, 0.25) is 21.8 Å². The van der Waals surface area contributed by atoms with Crippen molar-refractivity contribution in [3.05, 3.63) is 58.9 Å². The summed E-state index contributed by atoms with van der Waals surface area (Å²) in [5.41, 5.74) is 1.02. The number of hydrogen-bond donors (Lipinski definition) is 1. The van der Waals surface area contributed by atoms with Gasteiger partial charge in [0, 0.05) is 25.6 Å². The van der Waals surface area contributed by atoms with Crippen LogP contribution >= 0.6 is 11.6 Å². The lowest BCUT2D eigenvalue weighted by atomic mass is 10.1. The van der Waals surface area contributed by atoms with Crippen LogP contribution in [0.15, 0.2) is 42.5 Å². The molecule has 0 radical (unpaired) electrons. The smallest absolute Gasteiger partial charge is 0.242 e. The van der Waals surface area contributed by atoms with E-state index in [0.29, 0.717) is 17.0 Å². The Bertz CT molecular complexity index is 1180. The summed E-state index contributed by atoms with van der Waals surface area (Å²) in [7, 11) is -2.20. The minimum absolute atomic E-state index is 0.00193. The van der Waals surface area contributed by atoms with Gasteiger partial charge in [-0.15, -0.1) is 0 Å². The monoisotopic (exact) mass is 555 g/mol. The maximum atomic E-state index is 13.4. The zero-order valence-corrected chi connectivity index (χ0v) is 23.4. The van der Waals surface area contributed by atoms with E-state index in [4.69, 9.17) is 16.3 Å². The van der Waals surface area contributed by atoms with Crippen LogP contribution < -0.4 is 14.4 Å². The zero-order chi connectivity index (χ0) is 27.8. The molecule has 2 unspecified atom stereocenters. The fourth-order valence-electron chi connectivity index (χ4n) is 3.65. The first-order chi connectivity index (χ1) is 17.4. The fraction of sp³-hybridized carbons (Fsp3) is 0.462. The second-order valence-corrected chi connectivity index (χ2v) is 11.2. The van der Waals surface area contributed by atoms with Gasteiger partial charge in [0.25, 0.3) is 0 Å². The molecular weight excluding hydrogens is 521 g/mol. The van der Waals surface area contributed by atoms with Gasteiger partial charge in [-0.05, 0) is 62.6 Å². The van der Waals surface area contributed by atoms with Gasteiger partial charge in [-0.25, -0.2) is 12.8 Å². The first-order valence-corrected chi connectivity index (χ1v) is 14.3. The molecule has 0 saturated carbocycles. The van der Waals surface area contributed by atoms with E-state index in [9.17, 15) is 22.4 Å². The van der Waals surface area contributed by atoms with Gasteiger partial charge in [-0.2, -0.15) is 0 Å². The first-order valence-electron chi connectivity index (χ1n) is 12.0. The summed E-state index contributed by atoms with van der Waals surface area (Å²) >= 11 is 6.18. The summed E-state index contributed by atoms with van der Waals surface area (Å²) < 4.78 is 44.6. The summed E-state index contributed by atoms with van der Waals surface area (Å²) in [5.74, 6) is -0.605. The molecule has 1 N–H and O–H groups in total. The average Bonchev–Trinajstić information content (AvgIpc) is 2.84. The lowest BCUT2D eigenvalue weighted by molar-refractivity contribution is -0.140. The Morgan fingerprint density at radius 3 is 2.32 bits per heavy atom. The molecule has 0 aliphatic rings. The molecule has 2 amide bonds. The number of carbonyl (C=O) groups is 2. The maximum absolute atomic E-state index is 13.4. The Kier molecular flexibility index (Phi) is 11.2. The van der Waals surface area contributed by atoms with E-state index in [0.717, 1.165) is 12.7 Å². The van der Waals surface area contributed by atoms with Crippen molar-refractivity contribution >= 4 is 39.1 Å². The zero-order valence-electron chi connectivity index (χ0n) is 21.8. The molecule has 2 atom stereocenters. The normalized spacial score (nSPS) is 12.9. The lowest BCUT2D eigenvalue weighted by Gasteiger charge is -2.30. The molecule has 204 valence electrons. The molecule has 37 heavy (non-hydrogen) atoms. The van der Waals surface area contributed by atoms with Crippen molar-refractivity contribution in [3.8, 4) is 5.75 Å². The summed E-state index contributed by atoms with van der Waals surface area (Å²) in [6, 6.07) is 9.53. The van der Waals surface area contributed by atoms with Gasteiger partial charge in [0.15, 0.2) is 0 Å². The van der Waals surface area contributed by atoms with E-state index >= 15 is 0 Å². The number of benzene rings is 2. The van der Waals surface area contributed by atoms with Gasteiger partial charge in [-0.3, -0.25) is 13.9 Å². The number of carbonyl (C=O) groups excluding carboxylic acids is 2. The van der Waals surface area contributed by atoms with E-state index in [1.54, 1.807) is 31.2 Å². The molecule has 0 aliphatic carbocycles. The Morgan fingerprint density at radius 1 is 1.14 bits per heavy atom. The highest BCUT2D eigenvalue weighted by Crippen LogP contribution is 2.30. The second-order valence-electron chi connectivity index (χ2n) is 8.90. The van der Waals surface area contributed by atoms with Crippen molar-refractivity contribution in [2.75, 3.05) is 24.2 Å². The Hall–Kier alpha value is -2.85. The van der Waals surface area contributed by atoms with E-state index in [-0.39, 0.29) is 48.8 Å². The molecule has 0 saturated heterocycles. The Morgan fingerprint density at radius 2 is 1.78 bits per heavy atom. The third-order valence-electron chi connectivity index (χ3n) is 6.01. The van der Waals surface area contributed by atoms with E-state index < -0.39 is 21.9 Å². The van der Waals surface area contributed by atoms with Gasteiger partial charge < -0.3 is 15.0 Å². The van der Waals surface area contributed by atoms with Crippen LogP contribution in [0, 0.1) is 5.82 Å². The Labute approximate surface area is 223 Å². The molecule has 0 bridgehead atoms. The lowest BCUT2D eigenvalue weighted by Crippen LogP contribution is -2.49. The number of nitrogens with zero attached hydrogens (tertiary/aromatic N) is 2. The molecule has 2 aromatic rings. The largest absolute Gasteiger partial charge is 0.495 e. The minimum atomic E-state index is -3.66. The van der Waals surface area contributed by atoms with Gasteiger partial charge >= 0.3 is 0 Å². The van der Waals surface area contributed by atoms with Crippen LogP contribution in [0.2, 0.25) is 5.02 Å². The number of hydrogen-bond acceptors (Lipinski definition) is 5. The number of nitrogens with one attached hydrogen (secondary N) is 1. The highest BCUT2D eigenvalue weighted by Gasteiger charge is 2.27. The van der Waals surface area contributed by atoms with Crippen LogP contribution in [0.1, 0.15) is 45.6 Å². The topological polar surface area (TPSA) is 96.0 Å². The standard InChI is InChI=1S/C26H35ClFN3O5S/c1-6-18(2)29-26(33)19(3)30(17-20-9-11-21(28)12-10-20)25(32)8-7-15-31(37(5,34)35)22-13-14-24(36-4)23(27)16-22/h9-14,16,18-19H,6-8,15,17H2,1-5H3,(H,29,33). The summed E-state index contributed by atoms with van der Waals surface area (Å²) in [6.45, 7) is 5.60. The molecule has 0 spiro atoms. The molecular formula is C26H35ClFN3O5S. The summed E-state index contributed by atoms with van der Waals surface area (Å²) in [4.78, 5) is 27.5. The van der Waals surface area contributed by atoms with Crippen LogP contribution in [0.25, 0.3) is 0 Å². The average molecular weight is 556 g/mol. The predicted molar refractivity (Wildman–Crippen MR) is 144 cm³/mol. The third kappa shape index (κ3) is 8.89. The minimum Gasteiger partial charge on any atom is -0.495 e. The second kappa shape index (κ2) is 13.6. The van der Waals surface area contributed by atoms with Crippen molar-refractivity contribution in [2.45, 2.75) is 58.7 Å². The van der Waals surface area contributed by atoms with E-state index in [2.05, 4.69) is 5.32 Å². The number of amides is 2. The molecule has 2 aromatic carbocycles. The molecule has 0 aliphatic heterocycles. The molecule has 0 heterocycles. The molecule has 2 rings (SSSR count). The number of anilines is 1. The van der Waals surface area contributed by atoms with Crippen LogP contribution in [-0.4, -0.2) is 57.1 Å². The summed E-state index contributed by atoms with van der Waals surface area (Å²) in [5, 5.41) is 3.15. The number of sulfonamides is 1. The SMILES string of the molecule is CCC(C)NC(=O)C(C)N(Cc1ccc(F)cc1)C(=O)CCCN(c1ccc(OC)c(Cl)c1)S(C)(=O)=O. The van der Waals surface area contributed by atoms with E-state index in [1.165, 1.54) is 34.5 Å². The van der Waals surface area contributed by atoms with Gasteiger partial charge in [0.05, 0.1) is 24.1 Å². The van der Waals surface area contributed by atoms with Crippen molar-refractivity contribution < 1.29 is 27.1 Å².